The number of nitrogens with zero attached hydrogens (tertiary/aromatic N) is 3. The Morgan fingerprint density at radius 3 is 2.67 bits per heavy atom. The second kappa shape index (κ2) is 6.48. The van der Waals surface area contributed by atoms with Crippen LogP contribution < -0.4 is 4.90 Å². The second-order valence-electron chi connectivity index (χ2n) is 6.67. The van der Waals surface area contributed by atoms with E-state index in [0.29, 0.717) is 38.8 Å². The summed E-state index contributed by atoms with van der Waals surface area (Å²) < 4.78 is 44.6. The van der Waals surface area contributed by atoms with E-state index in [1.54, 1.807) is 0 Å². The lowest BCUT2D eigenvalue weighted by molar-refractivity contribution is -0.171. The molecule has 0 saturated carbocycles. The summed E-state index contributed by atoms with van der Waals surface area (Å²) in [4.78, 5) is 9.11. The van der Waals surface area contributed by atoms with Gasteiger partial charge in [0, 0.05) is 25.6 Å². The summed E-state index contributed by atoms with van der Waals surface area (Å²) in [5.74, 6) is 0.288. The number of anilines is 1. The maximum Gasteiger partial charge on any atom is 0.433 e. The van der Waals surface area contributed by atoms with Crippen LogP contribution >= 0.6 is 0 Å². The lowest BCUT2D eigenvalue weighted by Crippen LogP contribution is -2.53. The molecule has 2 atom stereocenters. The zero-order valence-electron chi connectivity index (χ0n) is 13.6. The van der Waals surface area contributed by atoms with Crippen molar-refractivity contribution in [2.75, 3.05) is 18.0 Å². The molecule has 2 aliphatic rings. The lowest BCUT2D eigenvalue weighted by Gasteiger charge is -2.48. The molecule has 1 aromatic heterocycles. The normalized spacial score (nSPS) is 27.5. The quantitative estimate of drug-likeness (QED) is 0.893. The van der Waals surface area contributed by atoms with Gasteiger partial charge in [0.05, 0.1) is 17.8 Å². The minimum absolute atomic E-state index is 0.0520. The van der Waals surface area contributed by atoms with Crippen LogP contribution in [-0.4, -0.2) is 46.0 Å². The first-order chi connectivity index (χ1) is 11.3. The van der Waals surface area contributed by atoms with E-state index in [-0.39, 0.29) is 23.6 Å². The van der Waals surface area contributed by atoms with Crippen LogP contribution in [0.3, 0.4) is 0 Å². The van der Waals surface area contributed by atoms with Gasteiger partial charge in [-0.25, -0.2) is 9.97 Å². The summed E-state index contributed by atoms with van der Waals surface area (Å²) in [6.07, 6.45) is -0.392. The molecule has 1 spiro atoms. The molecule has 0 aliphatic carbocycles. The van der Waals surface area contributed by atoms with Gasteiger partial charge in [-0.05, 0) is 25.7 Å². The Kier molecular flexibility index (Phi) is 4.70. The fourth-order valence-corrected chi connectivity index (χ4v) is 3.66. The van der Waals surface area contributed by atoms with Crippen molar-refractivity contribution in [1.29, 1.82) is 0 Å². The average Bonchev–Trinajstić information content (AvgIpc) is 2.54. The van der Waals surface area contributed by atoms with Crippen molar-refractivity contribution in [1.82, 2.24) is 9.97 Å². The Morgan fingerprint density at radius 1 is 1.33 bits per heavy atom. The molecule has 5 nitrogen and oxygen atoms in total. The first-order valence-electron chi connectivity index (χ1n) is 8.31. The summed E-state index contributed by atoms with van der Waals surface area (Å²) in [6, 6.07) is 0.989. The Bertz CT molecular complexity index is 574. The summed E-state index contributed by atoms with van der Waals surface area (Å²) in [5.41, 5.74) is -1.29. The molecular weight excluding hydrogens is 323 g/mol. The van der Waals surface area contributed by atoms with E-state index in [0.717, 1.165) is 18.8 Å². The number of alkyl halides is 3. The minimum atomic E-state index is -4.47. The fourth-order valence-electron chi connectivity index (χ4n) is 3.66. The number of hydrogen-bond acceptors (Lipinski definition) is 5. The van der Waals surface area contributed by atoms with Crippen molar-refractivity contribution >= 4 is 5.82 Å². The monoisotopic (exact) mass is 345 g/mol. The average molecular weight is 345 g/mol. The van der Waals surface area contributed by atoms with Crippen molar-refractivity contribution in [2.45, 2.75) is 63.0 Å². The predicted octanol–water partition coefficient (Wildman–Crippen LogP) is 2.78. The number of hydrogen-bond donors (Lipinski definition) is 1. The fraction of sp³-hybridized carbons (Fsp3) is 0.750. The highest BCUT2D eigenvalue weighted by atomic mass is 19.4. The predicted molar refractivity (Wildman–Crippen MR) is 81.6 cm³/mol. The SMILES string of the molecule is CC[C@H]1C[C@@H](O)CC2(CCN(c3cc(C(F)(F)F)ncn3)CC2)O1. The molecule has 134 valence electrons. The van der Waals surface area contributed by atoms with Crippen LogP contribution in [0.15, 0.2) is 12.4 Å². The third-order valence-electron chi connectivity index (χ3n) is 4.96. The molecule has 0 radical (unpaired) electrons. The van der Waals surface area contributed by atoms with E-state index in [1.807, 2.05) is 11.8 Å². The number of halogens is 3. The van der Waals surface area contributed by atoms with Crippen LogP contribution in [0.4, 0.5) is 19.0 Å². The summed E-state index contributed by atoms with van der Waals surface area (Å²) in [7, 11) is 0. The van der Waals surface area contributed by atoms with E-state index in [1.165, 1.54) is 0 Å². The molecule has 2 aliphatic heterocycles. The first-order valence-corrected chi connectivity index (χ1v) is 8.31. The molecule has 0 unspecified atom stereocenters. The van der Waals surface area contributed by atoms with E-state index in [2.05, 4.69) is 9.97 Å². The highest BCUT2D eigenvalue weighted by molar-refractivity contribution is 5.40. The number of rotatable bonds is 2. The maximum absolute atomic E-state index is 12.8. The number of aromatic nitrogens is 2. The molecule has 3 rings (SSSR count). The van der Waals surface area contributed by atoms with Crippen LogP contribution in [0.5, 0.6) is 0 Å². The van der Waals surface area contributed by atoms with Crippen molar-refractivity contribution in [2.24, 2.45) is 0 Å². The molecule has 2 fully saturated rings. The van der Waals surface area contributed by atoms with Gasteiger partial charge in [-0.2, -0.15) is 13.2 Å². The van der Waals surface area contributed by atoms with E-state index >= 15 is 0 Å². The molecule has 0 aromatic carbocycles. The Balaban J connectivity index is 1.69. The van der Waals surface area contributed by atoms with Crippen molar-refractivity contribution in [3.63, 3.8) is 0 Å². The number of aliphatic hydroxyl groups is 1. The second-order valence-corrected chi connectivity index (χ2v) is 6.67. The van der Waals surface area contributed by atoms with Gasteiger partial charge >= 0.3 is 6.18 Å². The van der Waals surface area contributed by atoms with E-state index in [4.69, 9.17) is 4.74 Å². The van der Waals surface area contributed by atoms with Gasteiger partial charge in [-0.1, -0.05) is 6.92 Å². The summed E-state index contributed by atoms with van der Waals surface area (Å²) in [6.45, 7) is 3.14. The summed E-state index contributed by atoms with van der Waals surface area (Å²) in [5, 5.41) is 10.1. The van der Waals surface area contributed by atoms with Gasteiger partial charge < -0.3 is 14.7 Å². The largest absolute Gasteiger partial charge is 0.433 e. The number of ether oxygens (including phenoxy) is 1. The molecule has 3 heterocycles. The third kappa shape index (κ3) is 3.64. The molecule has 2 saturated heterocycles. The van der Waals surface area contributed by atoms with Crippen LogP contribution in [0, 0.1) is 0 Å². The van der Waals surface area contributed by atoms with Crippen molar-refractivity contribution < 1.29 is 23.0 Å². The zero-order valence-corrected chi connectivity index (χ0v) is 13.6. The lowest BCUT2D eigenvalue weighted by atomic mass is 9.81. The molecule has 0 amide bonds. The molecule has 1 N–H and O–H groups in total. The van der Waals surface area contributed by atoms with Gasteiger partial charge in [0.2, 0.25) is 0 Å². The van der Waals surface area contributed by atoms with E-state index in [9.17, 15) is 18.3 Å². The van der Waals surface area contributed by atoms with Crippen LogP contribution in [-0.2, 0) is 10.9 Å². The Hall–Kier alpha value is -1.41. The third-order valence-corrected chi connectivity index (χ3v) is 4.96. The van der Waals surface area contributed by atoms with Crippen LogP contribution in [0.2, 0.25) is 0 Å². The molecule has 0 bridgehead atoms. The first kappa shape index (κ1) is 17.4. The van der Waals surface area contributed by atoms with Gasteiger partial charge in [0.1, 0.15) is 17.8 Å². The Labute approximate surface area is 138 Å². The Morgan fingerprint density at radius 2 is 2.04 bits per heavy atom. The van der Waals surface area contributed by atoms with Crippen LogP contribution in [0.1, 0.15) is 44.7 Å². The molecule has 1 aromatic rings. The van der Waals surface area contributed by atoms with Crippen molar-refractivity contribution in [3.05, 3.63) is 18.1 Å². The van der Waals surface area contributed by atoms with Gasteiger partial charge in [-0.3, -0.25) is 0 Å². The van der Waals surface area contributed by atoms with Gasteiger partial charge in [0.25, 0.3) is 0 Å². The topological polar surface area (TPSA) is 58.5 Å². The molecular formula is C16H22F3N3O2. The minimum Gasteiger partial charge on any atom is -0.393 e. The van der Waals surface area contributed by atoms with Crippen LogP contribution in [0.25, 0.3) is 0 Å². The smallest absolute Gasteiger partial charge is 0.393 e. The highest BCUT2D eigenvalue weighted by Crippen LogP contribution is 2.39. The number of aliphatic hydroxyl groups excluding tert-OH is 1. The van der Waals surface area contributed by atoms with E-state index < -0.39 is 11.9 Å². The number of piperidine rings is 1. The standard InChI is InChI=1S/C16H22F3N3O2/c1-2-12-7-11(23)9-15(24-12)3-5-22(6-4-15)14-8-13(16(17,18)19)20-10-21-14/h8,10-12,23H,2-7,9H2,1H3/t11-,12+/m1/s1. The molecule has 24 heavy (non-hydrogen) atoms. The maximum atomic E-state index is 12.8. The zero-order chi connectivity index (χ0) is 17.4. The highest BCUT2D eigenvalue weighted by Gasteiger charge is 2.43. The van der Waals surface area contributed by atoms with Gasteiger partial charge in [0.15, 0.2) is 0 Å². The summed E-state index contributed by atoms with van der Waals surface area (Å²) >= 11 is 0. The van der Waals surface area contributed by atoms with Gasteiger partial charge in [-0.15, -0.1) is 0 Å². The molecule has 8 heteroatoms. The van der Waals surface area contributed by atoms with Crippen molar-refractivity contribution in [3.8, 4) is 0 Å².